The Morgan fingerprint density at radius 2 is 2.10 bits per heavy atom. The molecule has 0 bridgehead atoms. The molecule has 0 aliphatic rings. The molecule has 0 saturated carbocycles. The van der Waals surface area contributed by atoms with Gasteiger partial charge in [0, 0.05) is 18.1 Å². The Hall–Kier alpha value is -2.30. The van der Waals surface area contributed by atoms with Gasteiger partial charge in [-0.25, -0.2) is 9.67 Å². The van der Waals surface area contributed by atoms with Crippen LogP contribution in [0.15, 0.2) is 36.8 Å². The highest BCUT2D eigenvalue weighted by Gasteiger charge is 2.09. The van der Waals surface area contributed by atoms with Gasteiger partial charge in [-0.3, -0.25) is 0 Å². The molecule has 5 nitrogen and oxygen atoms in total. The quantitative estimate of drug-likeness (QED) is 0.698. The van der Waals surface area contributed by atoms with E-state index in [9.17, 15) is 0 Å². The molecule has 0 spiro atoms. The van der Waals surface area contributed by atoms with Crippen LogP contribution in [0, 0.1) is 0 Å². The van der Waals surface area contributed by atoms with E-state index in [1.54, 1.807) is 6.33 Å². The van der Waals surface area contributed by atoms with Crippen molar-refractivity contribution in [3.05, 3.63) is 42.6 Å². The van der Waals surface area contributed by atoms with Crippen LogP contribution in [0.2, 0.25) is 0 Å². The largest absolute Gasteiger partial charge is 0.493 e. The zero-order valence-electron chi connectivity index (χ0n) is 12.5. The zero-order chi connectivity index (χ0) is 14.7. The molecule has 0 amide bonds. The number of nitrogens with zero attached hydrogens (tertiary/aromatic N) is 4. The molecule has 2 aromatic heterocycles. The summed E-state index contributed by atoms with van der Waals surface area (Å²) in [7, 11) is 0. The van der Waals surface area contributed by atoms with Gasteiger partial charge in [0.2, 0.25) is 0 Å². The van der Waals surface area contributed by atoms with Gasteiger partial charge in [0.25, 0.3) is 0 Å². The third kappa shape index (κ3) is 2.63. The SMILES string of the molecule is CCCOc1cccc2c1ccn2Cc1ncnn1CC. The maximum Gasteiger partial charge on any atom is 0.146 e. The van der Waals surface area contributed by atoms with Gasteiger partial charge in [-0.05, 0) is 31.5 Å². The van der Waals surface area contributed by atoms with Gasteiger partial charge in [-0.1, -0.05) is 13.0 Å². The van der Waals surface area contributed by atoms with Crippen LogP contribution in [0.5, 0.6) is 5.75 Å². The molecular weight excluding hydrogens is 264 g/mol. The summed E-state index contributed by atoms with van der Waals surface area (Å²) in [4.78, 5) is 4.34. The van der Waals surface area contributed by atoms with E-state index in [1.165, 1.54) is 0 Å². The molecule has 3 rings (SSSR count). The Bertz CT molecular complexity index is 729. The molecule has 0 unspecified atom stereocenters. The first-order chi connectivity index (χ1) is 10.3. The summed E-state index contributed by atoms with van der Waals surface area (Å²) < 4.78 is 9.92. The number of fused-ring (bicyclic) bond motifs is 1. The van der Waals surface area contributed by atoms with Crippen molar-refractivity contribution < 1.29 is 4.74 Å². The summed E-state index contributed by atoms with van der Waals surface area (Å²) in [5.74, 6) is 1.92. The van der Waals surface area contributed by atoms with Gasteiger partial charge in [0.15, 0.2) is 0 Å². The lowest BCUT2D eigenvalue weighted by atomic mass is 10.2. The highest BCUT2D eigenvalue weighted by molar-refractivity contribution is 5.86. The molecular formula is C16H20N4O. The van der Waals surface area contributed by atoms with E-state index >= 15 is 0 Å². The number of aromatic nitrogens is 4. The van der Waals surface area contributed by atoms with Crippen LogP contribution < -0.4 is 4.74 Å². The summed E-state index contributed by atoms with van der Waals surface area (Å²) in [6.07, 6.45) is 4.70. The maximum atomic E-state index is 5.82. The summed E-state index contributed by atoms with van der Waals surface area (Å²) >= 11 is 0. The number of ether oxygens (including phenoxy) is 1. The van der Waals surface area contributed by atoms with Crippen molar-refractivity contribution in [2.24, 2.45) is 0 Å². The Morgan fingerprint density at radius 3 is 2.90 bits per heavy atom. The van der Waals surface area contributed by atoms with Crippen molar-refractivity contribution in [3.63, 3.8) is 0 Å². The maximum absolute atomic E-state index is 5.82. The van der Waals surface area contributed by atoms with Crippen molar-refractivity contribution in [2.45, 2.75) is 33.4 Å². The lowest BCUT2D eigenvalue weighted by Gasteiger charge is -2.08. The number of benzene rings is 1. The van der Waals surface area contributed by atoms with E-state index in [0.717, 1.165) is 42.0 Å². The molecule has 0 aliphatic carbocycles. The predicted octanol–water partition coefficient (Wildman–Crippen LogP) is 3.09. The van der Waals surface area contributed by atoms with Crippen LogP contribution in [0.25, 0.3) is 10.9 Å². The third-order valence-corrected chi connectivity index (χ3v) is 3.54. The molecule has 110 valence electrons. The van der Waals surface area contributed by atoms with E-state index in [0.29, 0.717) is 6.54 Å². The Balaban J connectivity index is 1.93. The smallest absolute Gasteiger partial charge is 0.146 e. The van der Waals surface area contributed by atoms with Crippen LogP contribution in [-0.2, 0) is 13.1 Å². The van der Waals surface area contributed by atoms with Crippen LogP contribution in [0.4, 0.5) is 0 Å². The monoisotopic (exact) mass is 284 g/mol. The van der Waals surface area contributed by atoms with Crippen LogP contribution >= 0.6 is 0 Å². The second kappa shape index (κ2) is 5.99. The van der Waals surface area contributed by atoms with E-state index in [2.05, 4.69) is 46.8 Å². The topological polar surface area (TPSA) is 44.9 Å². The molecule has 1 aromatic carbocycles. The minimum Gasteiger partial charge on any atom is -0.493 e. The first kappa shape index (κ1) is 13.7. The molecule has 5 heteroatoms. The Kier molecular flexibility index (Phi) is 3.90. The lowest BCUT2D eigenvalue weighted by Crippen LogP contribution is -2.08. The van der Waals surface area contributed by atoms with Gasteiger partial charge in [-0.2, -0.15) is 5.10 Å². The first-order valence-electron chi connectivity index (χ1n) is 7.40. The fourth-order valence-electron chi connectivity index (χ4n) is 2.50. The molecule has 0 aliphatic heterocycles. The van der Waals surface area contributed by atoms with Crippen LogP contribution in [0.3, 0.4) is 0 Å². The highest BCUT2D eigenvalue weighted by Crippen LogP contribution is 2.27. The molecule has 0 N–H and O–H groups in total. The third-order valence-electron chi connectivity index (χ3n) is 3.54. The number of hydrogen-bond donors (Lipinski definition) is 0. The van der Waals surface area contributed by atoms with Gasteiger partial charge >= 0.3 is 0 Å². The summed E-state index contributed by atoms with van der Waals surface area (Å²) in [5, 5.41) is 5.37. The van der Waals surface area contributed by atoms with Gasteiger partial charge < -0.3 is 9.30 Å². The minimum absolute atomic E-state index is 0.717. The Labute approximate surface area is 124 Å². The van der Waals surface area contributed by atoms with Crippen molar-refractivity contribution in [2.75, 3.05) is 6.61 Å². The first-order valence-corrected chi connectivity index (χ1v) is 7.40. The van der Waals surface area contributed by atoms with Gasteiger partial charge in [-0.15, -0.1) is 0 Å². The minimum atomic E-state index is 0.717. The number of aryl methyl sites for hydroxylation is 1. The van der Waals surface area contributed by atoms with Crippen molar-refractivity contribution in [3.8, 4) is 5.75 Å². The molecule has 21 heavy (non-hydrogen) atoms. The van der Waals surface area contributed by atoms with E-state index in [1.807, 2.05) is 16.8 Å². The van der Waals surface area contributed by atoms with Crippen molar-refractivity contribution in [1.82, 2.24) is 19.3 Å². The van der Waals surface area contributed by atoms with Crippen molar-refractivity contribution in [1.29, 1.82) is 0 Å². The summed E-state index contributed by atoms with van der Waals surface area (Å²) in [6.45, 7) is 6.48. The molecule has 0 atom stereocenters. The van der Waals surface area contributed by atoms with E-state index in [-0.39, 0.29) is 0 Å². The summed E-state index contributed by atoms with van der Waals surface area (Å²) in [5.41, 5.74) is 1.16. The van der Waals surface area contributed by atoms with Gasteiger partial charge in [0.1, 0.15) is 17.9 Å². The Morgan fingerprint density at radius 1 is 1.19 bits per heavy atom. The average Bonchev–Trinajstić information content (AvgIpc) is 3.13. The number of hydrogen-bond acceptors (Lipinski definition) is 3. The standard InChI is InChI=1S/C16H20N4O/c1-3-10-21-15-7-5-6-14-13(15)8-9-19(14)11-16-17-12-18-20(16)4-2/h5-9,12H,3-4,10-11H2,1-2H3. The second-order valence-corrected chi connectivity index (χ2v) is 4.97. The van der Waals surface area contributed by atoms with E-state index in [4.69, 9.17) is 4.74 Å². The highest BCUT2D eigenvalue weighted by atomic mass is 16.5. The molecule has 2 heterocycles. The fraction of sp³-hybridized carbons (Fsp3) is 0.375. The second-order valence-electron chi connectivity index (χ2n) is 4.97. The zero-order valence-corrected chi connectivity index (χ0v) is 12.5. The molecule has 0 saturated heterocycles. The number of rotatable bonds is 6. The van der Waals surface area contributed by atoms with Crippen LogP contribution in [0.1, 0.15) is 26.1 Å². The lowest BCUT2D eigenvalue weighted by molar-refractivity contribution is 0.321. The molecule has 0 radical (unpaired) electrons. The van der Waals surface area contributed by atoms with E-state index < -0.39 is 0 Å². The normalized spacial score (nSPS) is 11.1. The summed E-state index contributed by atoms with van der Waals surface area (Å²) in [6, 6.07) is 8.28. The fourth-order valence-corrected chi connectivity index (χ4v) is 2.50. The average molecular weight is 284 g/mol. The van der Waals surface area contributed by atoms with Gasteiger partial charge in [0.05, 0.1) is 18.7 Å². The predicted molar refractivity (Wildman–Crippen MR) is 82.5 cm³/mol. The molecule has 3 aromatic rings. The van der Waals surface area contributed by atoms with Crippen LogP contribution in [-0.4, -0.2) is 25.9 Å². The molecule has 0 fully saturated rings. The van der Waals surface area contributed by atoms with Crippen molar-refractivity contribution >= 4 is 10.9 Å².